The van der Waals surface area contributed by atoms with E-state index in [2.05, 4.69) is 66.3 Å². The summed E-state index contributed by atoms with van der Waals surface area (Å²) in [6, 6.07) is 20.1. The number of hydrogen-bond acceptors (Lipinski definition) is 10. The minimum absolute atomic E-state index is 0.229. The first kappa shape index (κ1) is 23.7. The van der Waals surface area contributed by atoms with Crippen LogP contribution in [0.5, 0.6) is 5.75 Å². The van der Waals surface area contributed by atoms with E-state index in [1.165, 1.54) is 11.3 Å². The highest BCUT2D eigenvalue weighted by atomic mass is 16.5. The zero-order chi connectivity index (χ0) is 25.9. The summed E-state index contributed by atoms with van der Waals surface area (Å²) in [7, 11) is 0. The first-order valence-corrected chi connectivity index (χ1v) is 12.5. The van der Waals surface area contributed by atoms with Gasteiger partial charge in [-0.05, 0) is 61.0 Å². The number of benzene rings is 2. The number of aryl methyl sites for hydroxylation is 2. The van der Waals surface area contributed by atoms with Gasteiger partial charge in [-0.15, -0.1) is 0 Å². The van der Waals surface area contributed by atoms with Crippen LogP contribution >= 0.6 is 0 Å². The lowest BCUT2D eigenvalue weighted by atomic mass is 10.2. The van der Waals surface area contributed by atoms with Crippen LogP contribution in [-0.2, 0) is 6.61 Å². The highest BCUT2D eigenvalue weighted by molar-refractivity contribution is 5.61. The quantitative estimate of drug-likeness (QED) is 0.306. The lowest BCUT2D eigenvalue weighted by Gasteiger charge is -2.36. The third kappa shape index (κ3) is 5.19. The lowest BCUT2D eigenvalue weighted by Crippen LogP contribution is -2.46. The number of nitrogens with zero attached hydrogens (tertiary/aromatic N) is 7. The average molecular weight is 510 g/mol. The molecule has 10 nitrogen and oxygen atoms in total. The molecular weight excluding hydrogens is 482 g/mol. The molecule has 1 aliphatic heterocycles. The van der Waals surface area contributed by atoms with Crippen molar-refractivity contribution >= 4 is 11.5 Å². The molecule has 0 aliphatic carbocycles. The minimum atomic E-state index is 0.229. The number of pyridine rings is 1. The molecule has 1 aliphatic rings. The molecule has 0 spiro atoms. The first-order chi connectivity index (χ1) is 18.6. The van der Waals surface area contributed by atoms with E-state index in [4.69, 9.17) is 13.8 Å². The van der Waals surface area contributed by atoms with Gasteiger partial charge in [0.25, 0.3) is 5.89 Å². The van der Waals surface area contributed by atoms with Crippen LogP contribution in [0.15, 0.2) is 75.9 Å². The maximum Gasteiger partial charge on any atom is 0.258 e. The van der Waals surface area contributed by atoms with Crippen LogP contribution in [0.3, 0.4) is 0 Å². The summed E-state index contributed by atoms with van der Waals surface area (Å²) >= 11 is 0. The number of rotatable bonds is 7. The Balaban J connectivity index is 1.06. The Morgan fingerprint density at radius 1 is 0.816 bits per heavy atom. The van der Waals surface area contributed by atoms with Crippen molar-refractivity contribution < 1.29 is 13.8 Å². The van der Waals surface area contributed by atoms with Crippen molar-refractivity contribution in [1.82, 2.24) is 25.3 Å². The van der Waals surface area contributed by atoms with E-state index in [1.807, 2.05) is 36.4 Å². The molecule has 10 heteroatoms. The Morgan fingerprint density at radius 3 is 2.32 bits per heavy atom. The summed E-state index contributed by atoms with van der Waals surface area (Å²) in [6.07, 6.45) is 1.80. The second kappa shape index (κ2) is 10.3. The SMILES string of the molecule is Cc1cccc(N2CCN(c3ccc(-c4noc(-c5ccc(OCc6noc(C)n6)cc5)n4)cn3)CC2)c1. The molecule has 0 bridgehead atoms. The van der Waals surface area contributed by atoms with Crippen molar-refractivity contribution in [3.05, 3.63) is 84.1 Å². The molecule has 192 valence electrons. The van der Waals surface area contributed by atoms with Crippen LogP contribution in [0.4, 0.5) is 11.5 Å². The van der Waals surface area contributed by atoms with Crippen molar-refractivity contribution in [1.29, 1.82) is 0 Å². The number of piperazine rings is 1. The minimum Gasteiger partial charge on any atom is -0.485 e. The zero-order valence-corrected chi connectivity index (χ0v) is 21.2. The van der Waals surface area contributed by atoms with Gasteiger partial charge >= 0.3 is 0 Å². The van der Waals surface area contributed by atoms with Gasteiger partial charge in [-0.1, -0.05) is 22.4 Å². The van der Waals surface area contributed by atoms with E-state index >= 15 is 0 Å². The van der Waals surface area contributed by atoms with Gasteiger partial charge in [-0.2, -0.15) is 9.97 Å². The molecule has 2 aromatic carbocycles. The van der Waals surface area contributed by atoms with Gasteiger partial charge in [0.2, 0.25) is 17.5 Å². The maximum atomic E-state index is 5.70. The monoisotopic (exact) mass is 509 g/mol. The Labute approximate surface area is 219 Å². The number of hydrogen-bond donors (Lipinski definition) is 0. The van der Waals surface area contributed by atoms with Gasteiger partial charge in [-0.3, -0.25) is 0 Å². The summed E-state index contributed by atoms with van der Waals surface area (Å²) in [5, 5.41) is 7.97. The molecule has 3 aromatic heterocycles. The fraction of sp³-hybridized carbons (Fsp3) is 0.250. The van der Waals surface area contributed by atoms with Crippen molar-refractivity contribution in [3.8, 4) is 28.6 Å². The highest BCUT2D eigenvalue weighted by Crippen LogP contribution is 2.26. The Bertz CT molecular complexity index is 1500. The van der Waals surface area contributed by atoms with E-state index in [0.717, 1.165) is 43.1 Å². The highest BCUT2D eigenvalue weighted by Gasteiger charge is 2.19. The van der Waals surface area contributed by atoms with E-state index in [0.29, 0.717) is 29.2 Å². The standard InChI is InChI=1S/C28H27N7O3/c1-19-4-3-5-23(16-19)34-12-14-35(15-13-34)26-11-8-22(17-29-26)27-31-28(38-33-27)21-6-9-24(10-7-21)36-18-25-30-20(2)37-32-25/h3-11,16-17H,12-15,18H2,1-2H3. The summed E-state index contributed by atoms with van der Waals surface area (Å²) in [5.41, 5.74) is 4.16. The largest absolute Gasteiger partial charge is 0.485 e. The van der Waals surface area contributed by atoms with Gasteiger partial charge in [0.1, 0.15) is 11.6 Å². The molecule has 6 rings (SSSR count). The molecule has 5 aromatic rings. The molecule has 0 N–H and O–H groups in total. The predicted molar refractivity (Wildman–Crippen MR) is 142 cm³/mol. The lowest BCUT2D eigenvalue weighted by molar-refractivity contribution is 0.285. The van der Waals surface area contributed by atoms with Gasteiger partial charge in [0, 0.05) is 56.1 Å². The Morgan fingerprint density at radius 2 is 1.61 bits per heavy atom. The van der Waals surface area contributed by atoms with E-state index in [9.17, 15) is 0 Å². The van der Waals surface area contributed by atoms with Crippen LogP contribution < -0.4 is 14.5 Å². The van der Waals surface area contributed by atoms with Crippen molar-refractivity contribution in [2.24, 2.45) is 0 Å². The smallest absolute Gasteiger partial charge is 0.258 e. The molecule has 0 amide bonds. The normalized spacial score (nSPS) is 13.6. The molecule has 38 heavy (non-hydrogen) atoms. The van der Waals surface area contributed by atoms with Gasteiger partial charge in [0.15, 0.2) is 6.61 Å². The molecule has 1 saturated heterocycles. The van der Waals surface area contributed by atoms with Crippen molar-refractivity contribution in [2.75, 3.05) is 36.0 Å². The second-order valence-electron chi connectivity index (χ2n) is 9.18. The van der Waals surface area contributed by atoms with E-state index in [1.54, 1.807) is 13.1 Å². The van der Waals surface area contributed by atoms with Crippen LogP contribution in [0.1, 0.15) is 17.3 Å². The van der Waals surface area contributed by atoms with Gasteiger partial charge in [0.05, 0.1) is 0 Å². The maximum absolute atomic E-state index is 5.70. The van der Waals surface area contributed by atoms with Crippen LogP contribution in [-0.4, -0.2) is 51.4 Å². The Hall–Kier alpha value is -4.73. The summed E-state index contributed by atoms with van der Waals surface area (Å²) in [4.78, 5) is 18.1. The van der Waals surface area contributed by atoms with Crippen molar-refractivity contribution in [3.63, 3.8) is 0 Å². The third-order valence-corrected chi connectivity index (χ3v) is 6.44. The topological polar surface area (TPSA) is 106 Å². The number of anilines is 2. The van der Waals surface area contributed by atoms with Gasteiger partial charge < -0.3 is 23.6 Å². The van der Waals surface area contributed by atoms with E-state index < -0.39 is 0 Å². The van der Waals surface area contributed by atoms with Crippen LogP contribution in [0.25, 0.3) is 22.8 Å². The fourth-order valence-corrected chi connectivity index (χ4v) is 4.42. The second-order valence-corrected chi connectivity index (χ2v) is 9.18. The molecular formula is C28H27N7O3. The zero-order valence-electron chi connectivity index (χ0n) is 21.2. The molecule has 0 radical (unpaired) electrons. The average Bonchev–Trinajstić information content (AvgIpc) is 3.62. The van der Waals surface area contributed by atoms with E-state index in [-0.39, 0.29) is 6.61 Å². The van der Waals surface area contributed by atoms with Crippen molar-refractivity contribution in [2.45, 2.75) is 20.5 Å². The fourth-order valence-electron chi connectivity index (χ4n) is 4.42. The predicted octanol–water partition coefficient (Wildman–Crippen LogP) is 4.70. The van der Waals surface area contributed by atoms with Crippen LogP contribution in [0, 0.1) is 13.8 Å². The summed E-state index contributed by atoms with van der Waals surface area (Å²) in [6.45, 7) is 7.85. The summed E-state index contributed by atoms with van der Waals surface area (Å²) < 4.78 is 16.2. The van der Waals surface area contributed by atoms with Gasteiger partial charge in [-0.25, -0.2) is 4.98 Å². The third-order valence-electron chi connectivity index (χ3n) is 6.44. The number of aromatic nitrogens is 5. The first-order valence-electron chi connectivity index (χ1n) is 12.5. The molecule has 0 atom stereocenters. The van der Waals surface area contributed by atoms with Crippen LogP contribution in [0.2, 0.25) is 0 Å². The molecule has 0 saturated carbocycles. The summed E-state index contributed by atoms with van der Waals surface area (Å²) in [5.74, 6) is 3.56. The Kier molecular flexibility index (Phi) is 6.43. The molecule has 1 fully saturated rings. The molecule has 4 heterocycles. The number of ether oxygens (including phenoxy) is 1. The molecule has 0 unspecified atom stereocenters.